The van der Waals surface area contributed by atoms with Gasteiger partial charge in [-0.05, 0) is 6.92 Å². The molecule has 0 aliphatic carbocycles. The Hall–Kier alpha value is -1.74. The van der Waals surface area contributed by atoms with E-state index < -0.39 is 29.7 Å². The molecule has 0 saturated heterocycles. The highest BCUT2D eigenvalue weighted by Gasteiger charge is 2.39. The fourth-order valence-corrected chi connectivity index (χ4v) is 2.17. The van der Waals surface area contributed by atoms with E-state index in [9.17, 15) is 15.0 Å². The van der Waals surface area contributed by atoms with Gasteiger partial charge in [0.05, 0.1) is 0 Å². The van der Waals surface area contributed by atoms with Crippen LogP contribution in [0.2, 0.25) is 0 Å². The SMILES string of the molecule is Cc1nc(SC[C@H](O)[C@H]2OC(=O)C(O)=C2O)n[nH]1. The lowest BCUT2D eigenvalue weighted by atomic mass is 10.2. The monoisotopic (exact) mass is 273 g/mol. The predicted octanol–water partition coefficient (Wildman–Crippen LogP) is -0.181. The van der Waals surface area contributed by atoms with Gasteiger partial charge in [-0.2, -0.15) is 0 Å². The lowest BCUT2D eigenvalue weighted by Crippen LogP contribution is -2.30. The number of H-pyrrole nitrogens is 1. The van der Waals surface area contributed by atoms with E-state index in [1.54, 1.807) is 6.92 Å². The molecule has 1 aromatic heterocycles. The lowest BCUT2D eigenvalue weighted by molar-refractivity contribution is -0.146. The van der Waals surface area contributed by atoms with Crippen LogP contribution in [0.5, 0.6) is 0 Å². The predicted molar refractivity (Wildman–Crippen MR) is 60.0 cm³/mol. The molecular formula is C9H11N3O5S. The molecule has 1 aliphatic rings. The fourth-order valence-electron chi connectivity index (χ4n) is 1.36. The third-order valence-corrected chi connectivity index (χ3v) is 3.20. The minimum Gasteiger partial charge on any atom is -0.505 e. The number of cyclic esters (lactones) is 1. The molecule has 0 radical (unpaired) electrons. The van der Waals surface area contributed by atoms with Crippen molar-refractivity contribution in [3.05, 3.63) is 17.3 Å². The van der Waals surface area contributed by atoms with Crippen LogP contribution in [0.15, 0.2) is 16.7 Å². The Bertz CT molecular complexity index is 500. The zero-order valence-electron chi connectivity index (χ0n) is 9.32. The zero-order chi connectivity index (χ0) is 13.3. The first-order valence-electron chi connectivity index (χ1n) is 5.02. The van der Waals surface area contributed by atoms with Crippen molar-refractivity contribution >= 4 is 17.7 Å². The first-order valence-corrected chi connectivity index (χ1v) is 6.00. The number of nitrogens with zero attached hydrogens (tertiary/aromatic N) is 2. The number of rotatable bonds is 4. The summed E-state index contributed by atoms with van der Waals surface area (Å²) in [6.45, 7) is 1.73. The second-order valence-electron chi connectivity index (χ2n) is 3.64. The summed E-state index contributed by atoms with van der Waals surface area (Å²) in [6, 6.07) is 0. The van der Waals surface area contributed by atoms with Gasteiger partial charge in [0.1, 0.15) is 11.9 Å². The fraction of sp³-hybridized carbons (Fsp3) is 0.444. The molecule has 0 unspecified atom stereocenters. The Morgan fingerprint density at radius 1 is 1.56 bits per heavy atom. The number of carbonyl (C=O) groups is 1. The number of hydrogen-bond acceptors (Lipinski definition) is 8. The first-order chi connectivity index (χ1) is 8.49. The van der Waals surface area contributed by atoms with Crippen molar-refractivity contribution < 1.29 is 24.9 Å². The maximum atomic E-state index is 10.9. The van der Waals surface area contributed by atoms with Gasteiger partial charge in [-0.15, -0.1) is 5.10 Å². The second-order valence-corrected chi connectivity index (χ2v) is 4.63. The minimum absolute atomic E-state index is 0.104. The standard InChI is InChI=1S/C9H11N3O5S/c1-3-10-9(12-11-3)18-2-4(13)7-5(14)6(15)8(16)17-7/h4,7,13-15H,2H2,1H3,(H,10,11,12)/t4-,7+/m0/s1. The molecule has 2 heterocycles. The van der Waals surface area contributed by atoms with E-state index in [2.05, 4.69) is 19.9 Å². The summed E-state index contributed by atoms with van der Waals surface area (Å²) in [6.07, 6.45) is -2.41. The largest absolute Gasteiger partial charge is 0.505 e. The van der Waals surface area contributed by atoms with Gasteiger partial charge >= 0.3 is 5.97 Å². The van der Waals surface area contributed by atoms with Crippen LogP contribution >= 0.6 is 11.8 Å². The summed E-state index contributed by atoms with van der Waals surface area (Å²) >= 11 is 1.13. The highest BCUT2D eigenvalue weighted by Crippen LogP contribution is 2.24. The number of carbonyl (C=O) groups excluding carboxylic acids is 1. The van der Waals surface area contributed by atoms with E-state index in [0.29, 0.717) is 11.0 Å². The van der Waals surface area contributed by atoms with Crippen LogP contribution in [0.25, 0.3) is 0 Å². The number of aromatic amines is 1. The Labute approximate surface area is 106 Å². The lowest BCUT2D eigenvalue weighted by Gasteiger charge is -2.15. The number of thioether (sulfide) groups is 1. The van der Waals surface area contributed by atoms with Crippen LogP contribution in [0, 0.1) is 6.92 Å². The number of aliphatic hydroxyl groups is 3. The van der Waals surface area contributed by atoms with E-state index in [-0.39, 0.29) is 5.75 Å². The third-order valence-electron chi connectivity index (χ3n) is 2.25. The molecule has 0 spiro atoms. The van der Waals surface area contributed by atoms with E-state index in [4.69, 9.17) is 5.11 Å². The average molecular weight is 273 g/mol. The number of hydrogen-bond donors (Lipinski definition) is 4. The molecule has 0 aromatic carbocycles. The Kier molecular flexibility index (Phi) is 3.43. The van der Waals surface area contributed by atoms with Gasteiger partial charge in [0.2, 0.25) is 10.9 Å². The van der Waals surface area contributed by atoms with Crippen molar-refractivity contribution in [1.29, 1.82) is 0 Å². The zero-order valence-corrected chi connectivity index (χ0v) is 10.1. The molecule has 8 nitrogen and oxygen atoms in total. The molecule has 2 atom stereocenters. The molecule has 98 valence electrons. The highest BCUT2D eigenvalue weighted by atomic mass is 32.2. The number of aromatic nitrogens is 3. The molecule has 1 aliphatic heterocycles. The number of esters is 1. The van der Waals surface area contributed by atoms with Crippen LogP contribution < -0.4 is 0 Å². The Morgan fingerprint density at radius 3 is 2.78 bits per heavy atom. The van der Waals surface area contributed by atoms with Gasteiger partial charge in [0.25, 0.3) is 0 Å². The molecule has 9 heteroatoms. The van der Waals surface area contributed by atoms with Gasteiger partial charge in [-0.1, -0.05) is 11.8 Å². The van der Waals surface area contributed by atoms with E-state index in [1.807, 2.05) is 0 Å². The van der Waals surface area contributed by atoms with Crippen molar-refractivity contribution in [1.82, 2.24) is 15.2 Å². The maximum absolute atomic E-state index is 10.9. The van der Waals surface area contributed by atoms with E-state index in [0.717, 1.165) is 11.8 Å². The molecule has 0 fully saturated rings. The first kappa shape index (κ1) is 12.7. The van der Waals surface area contributed by atoms with Gasteiger partial charge < -0.3 is 20.1 Å². The molecular weight excluding hydrogens is 262 g/mol. The quantitative estimate of drug-likeness (QED) is 0.439. The molecule has 0 amide bonds. The second kappa shape index (κ2) is 4.86. The highest BCUT2D eigenvalue weighted by molar-refractivity contribution is 7.99. The Balaban J connectivity index is 1.93. The van der Waals surface area contributed by atoms with Gasteiger partial charge in [-0.25, -0.2) is 9.78 Å². The summed E-state index contributed by atoms with van der Waals surface area (Å²) in [4.78, 5) is 15.0. The van der Waals surface area contributed by atoms with Gasteiger partial charge in [-0.3, -0.25) is 5.10 Å². The van der Waals surface area contributed by atoms with Crippen LogP contribution in [-0.2, 0) is 9.53 Å². The molecule has 2 rings (SSSR count). The van der Waals surface area contributed by atoms with Crippen LogP contribution in [0.3, 0.4) is 0 Å². The molecule has 0 bridgehead atoms. The molecule has 0 saturated carbocycles. The van der Waals surface area contributed by atoms with Crippen LogP contribution in [0.4, 0.5) is 0 Å². The topological polar surface area (TPSA) is 129 Å². The smallest absolute Gasteiger partial charge is 0.377 e. The number of aliphatic hydroxyl groups excluding tert-OH is 3. The van der Waals surface area contributed by atoms with Crippen LogP contribution in [-0.4, -0.2) is 54.4 Å². The van der Waals surface area contributed by atoms with Gasteiger partial charge in [0.15, 0.2) is 11.9 Å². The third kappa shape index (κ3) is 2.41. The van der Waals surface area contributed by atoms with E-state index in [1.165, 1.54) is 0 Å². The van der Waals surface area contributed by atoms with Crippen LogP contribution in [0.1, 0.15) is 5.82 Å². The van der Waals surface area contributed by atoms with Crippen molar-refractivity contribution in [2.24, 2.45) is 0 Å². The normalized spacial score (nSPS) is 21.2. The number of aryl methyl sites for hydroxylation is 1. The summed E-state index contributed by atoms with van der Waals surface area (Å²) in [5.41, 5.74) is 0. The molecule has 18 heavy (non-hydrogen) atoms. The van der Waals surface area contributed by atoms with Crippen molar-refractivity contribution in [2.75, 3.05) is 5.75 Å². The molecule has 1 aromatic rings. The van der Waals surface area contributed by atoms with Gasteiger partial charge in [0, 0.05) is 5.75 Å². The van der Waals surface area contributed by atoms with E-state index >= 15 is 0 Å². The summed E-state index contributed by atoms with van der Waals surface area (Å²) in [5, 5.41) is 35.1. The molecule has 4 N–H and O–H groups in total. The van der Waals surface area contributed by atoms with Crippen molar-refractivity contribution in [3.8, 4) is 0 Å². The van der Waals surface area contributed by atoms with Crippen molar-refractivity contribution in [3.63, 3.8) is 0 Å². The summed E-state index contributed by atoms with van der Waals surface area (Å²) in [5.74, 6) is -1.82. The minimum atomic E-state index is -1.25. The van der Waals surface area contributed by atoms with Crippen molar-refractivity contribution in [2.45, 2.75) is 24.3 Å². The summed E-state index contributed by atoms with van der Waals surface area (Å²) in [7, 11) is 0. The average Bonchev–Trinajstić information content (AvgIpc) is 2.86. The number of ether oxygens (including phenoxy) is 1. The number of nitrogens with one attached hydrogen (secondary N) is 1. The Morgan fingerprint density at radius 2 is 2.28 bits per heavy atom. The summed E-state index contributed by atoms with van der Waals surface area (Å²) < 4.78 is 4.62. The maximum Gasteiger partial charge on any atom is 0.377 e.